The van der Waals surface area contributed by atoms with E-state index in [2.05, 4.69) is 0 Å². The first-order valence-electron chi connectivity index (χ1n) is 3.39. The molecule has 0 aromatic rings. The number of aliphatic hydroxyl groups is 1. The molecule has 0 amide bonds. The lowest BCUT2D eigenvalue weighted by atomic mass is 10.2. The predicted molar refractivity (Wildman–Crippen MR) is 37.5 cm³/mol. The van der Waals surface area contributed by atoms with Crippen molar-refractivity contribution in [3.8, 4) is 0 Å². The number of rotatable bonds is 3. The molecule has 1 N–H and O–H groups in total. The van der Waals surface area contributed by atoms with Crippen molar-refractivity contribution in [1.82, 2.24) is 0 Å². The van der Waals surface area contributed by atoms with Crippen molar-refractivity contribution in [3.05, 3.63) is 0 Å². The van der Waals surface area contributed by atoms with E-state index in [1.807, 2.05) is 0 Å². The number of carbonyl (C=O) groups is 1. The van der Waals surface area contributed by atoms with E-state index in [0.717, 1.165) is 0 Å². The Kier molecular flexibility index (Phi) is 4.03. The largest absolute Gasteiger partial charge is 0.463 e. The third kappa shape index (κ3) is 3.45. The average Bonchev–Trinajstić information content (AvgIpc) is 1.85. The molecule has 0 unspecified atom stereocenters. The highest BCUT2D eigenvalue weighted by molar-refractivity contribution is 5.72. The number of hydrogen-bond donors (Lipinski definition) is 1. The Bertz CT molecular complexity index is 109. The van der Waals surface area contributed by atoms with E-state index >= 15 is 0 Å². The lowest BCUT2D eigenvalue weighted by molar-refractivity contribution is -0.152. The van der Waals surface area contributed by atoms with Crippen LogP contribution < -0.4 is 0 Å². The van der Waals surface area contributed by atoms with Crippen molar-refractivity contribution in [1.29, 1.82) is 0 Å². The van der Waals surface area contributed by atoms with Gasteiger partial charge in [0, 0.05) is 0 Å². The molecule has 0 aliphatic carbocycles. The van der Waals surface area contributed by atoms with E-state index in [4.69, 9.17) is 9.84 Å². The van der Waals surface area contributed by atoms with Gasteiger partial charge >= 0.3 is 5.97 Å². The topological polar surface area (TPSA) is 46.5 Å². The molecule has 60 valence electrons. The molecule has 3 nitrogen and oxygen atoms in total. The van der Waals surface area contributed by atoms with Crippen LogP contribution in [-0.4, -0.2) is 23.8 Å². The van der Waals surface area contributed by atoms with Crippen LogP contribution in [0.1, 0.15) is 20.8 Å². The average molecular weight is 146 g/mol. The number of ether oxygens (including phenoxy) is 1. The van der Waals surface area contributed by atoms with Gasteiger partial charge in [0.1, 0.15) is 0 Å². The Morgan fingerprint density at radius 2 is 2.00 bits per heavy atom. The third-order valence-electron chi connectivity index (χ3n) is 1.03. The van der Waals surface area contributed by atoms with Gasteiger partial charge in [0.25, 0.3) is 0 Å². The molecule has 10 heavy (non-hydrogen) atoms. The normalized spacial score (nSPS) is 13.3. The second-order valence-electron chi connectivity index (χ2n) is 2.57. The minimum absolute atomic E-state index is 0.0958. The van der Waals surface area contributed by atoms with Gasteiger partial charge in [-0.15, -0.1) is 0 Å². The molecule has 0 spiro atoms. The van der Waals surface area contributed by atoms with Crippen LogP contribution in [0.3, 0.4) is 0 Å². The van der Waals surface area contributed by atoms with Gasteiger partial charge in [-0.05, 0) is 20.8 Å². The summed E-state index contributed by atoms with van der Waals surface area (Å²) in [6, 6.07) is 0. The molecule has 0 heterocycles. The summed E-state index contributed by atoms with van der Waals surface area (Å²) in [6.45, 7) is 5.04. The van der Waals surface area contributed by atoms with Gasteiger partial charge in [-0.3, -0.25) is 4.79 Å². The molecule has 0 radical (unpaired) electrons. The first-order valence-corrected chi connectivity index (χ1v) is 3.39. The van der Waals surface area contributed by atoms with Gasteiger partial charge in [0.15, 0.2) is 0 Å². The summed E-state index contributed by atoms with van der Waals surface area (Å²) >= 11 is 0. The summed E-state index contributed by atoms with van der Waals surface area (Å²) in [5.41, 5.74) is 0. The molecule has 3 heteroatoms. The van der Waals surface area contributed by atoms with Crippen molar-refractivity contribution < 1.29 is 14.6 Å². The van der Waals surface area contributed by atoms with Gasteiger partial charge in [0.2, 0.25) is 0 Å². The highest BCUT2D eigenvalue weighted by Gasteiger charge is 2.13. The summed E-state index contributed by atoms with van der Waals surface area (Å²) < 4.78 is 4.80. The maximum Gasteiger partial charge on any atom is 0.311 e. The van der Waals surface area contributed by atoms with Crippen molar-refractivity contribution in [3.63, 3.8) is 0 Å². The van der Waals surface area contributed by atoms with Crippen LogP contribution in [0.4, 0.5) is 0 Å². The quantitative estimate of drug-likeness (QED) is 0.592. The van der Waals surface area contributed by atoms with E-state index in [9.17, 15) is 4.79 Å². The number of esters is 1. The standard InChI is InChI=1S/C7H14O3/c1-5(2)10-7(9)6(3)4-8/h5-6,8H,4H2,1-3H3/t6-/m0/s1. The highest BCUT2D eigenvalue weighted by atomic mass is 16.5. The lowest BCUT2D eigenvalue weighted by Crippen LogP contribution is -2.21. The summed E-state index contributed by atoms with van der Waals surface area (Å²) in [5.74, 6) is -0.736. The summed E-state index contributed by atoms with van der Waals surface area (Å²) in [4.78, 5) is 10.8. The Morgan fingerprint density at radius 1 is 1.50 bits per heavy atom. The smallest absolute Gasteiger partial charge is 0.311 e. The molecule has 0 saturated carbocycles. The highest BCUT2D eigenvalue weighted by Crippen LogP contribution is 1.99. The molecule has 0 rings (SSSR count). The second-order valence-corrected chi connectivity index (χ2v) is 2.57. The van der Waals surface area contributed by atoms with Crippen LogP contribution in [0.2, 0.25) is 0 Å². The van der Waals surface area contributed by atoms with Crippen molar-refractivity contribution in [2.24, 2.45) is 5.92 Å². The zero-order valence-corrected chi connectivity index (χ0v) is 6.63. The third-order valence-corrected chi connectivity index (χ3v) is 1.03. The van der Waals surface area contributed by atoms with E-state index in [1.165, 1.54) is 0 Å². The summed E-state index contributed by atoms with van der Waals surface area (Å²) in [7, 11) is 0. The molecule has 0 fully saturated rings. The van der Waals surface area contributed by atoms with Crippen LogP contribution >= 0.6 is 0 Å². The fourth-order valence-electron chi connectivity index (χ4n) is 0.423. The van der Waals surface area contributed by atoms with E-state index in [-0.39, 0.29) is 18.7 Å². The van der Waals surface area contributed by atoms with Crippen molar-refractivity contribution in [2.45, 2.75) is 26.9 Å². The zero-order chi connectivity index (χ0) is 8.15. The molecular weight excluding hydrogens is 132 g/mol. The predicted octanol–water partition coefficient (Wildman–Crippen LogP) is 0.566. The molecule has 1 atom stereocenters. The van der Waals surface area contributed by atoms with E-state index in [1.54, 1.807) is 20.8 Å². The Balaban J connectivity index is 3.62. The fourth-order valence-corrected chi connectivity index (χ4v) is 0.423. The number of hydrogen-bond acceptors (Lipinski definition) is 3. The molecule has 0 saturated heterocycles. The first kappa shape index (κ1) is 9.43. The molecule has 0 aliphatic heterocycles. The first-order chi connectivity index (χ1) is 4.57. The maximum absolute atomic E-state index is 10.8. The Labute approximate surface area is 61.0 Å². The van der Waals surface area contributed by atoms with E-state index in [0.29, 0.717) is 0 Å². The number of carbonyl (C=O) groups excluding carboxylic acids is 1. The molecule has 0 aromatic heterocycles. The fraction of sp³-hybridized carbons (Fsp3) is 0.857. The second kappa shape index (κ2) is 4.28. The van der Waals surface area contributed by atoms with Crippen LogP contribution in [0.5, 0.6) is 0 Å². The summed E-state index contributed by atoms with van der Waals surface area (Å²) in [5, 5.41) is 8.52. The molecular formula is C7H14O3. The SMILES string of the molecule is CC(C)OC(=O)[C@@H](C)CO. The van der Waals surface area contributed by atoms with Crippen LogP contribution in [0.25, 0.3) is 0 Å². The maximum atomic E-state index is 10.8. The van der Waals surface area contributed by atoms with E-state index < -0.39 is 5.92 Å². The van der Waals surface area contributed by atoms with Crippen molar-refractivity contribution in [2.75, 3.05) is 6.61 Å². The van der Waals surface area contributed by atoms with Crippen LogP contribution in [0.15, 0.2) is 0 Å². The Morgan fingerprint density at radius 3 is 2.30 bits per heavy atom. The number of aliphatic hydroxyl groups excluding tert-OH is 1. The van der Waals surface area contributed by atoms with Gasteiger partial charge < -0.3 is 9.84 Å². The summed E-state index contributed by atoms with van der Waals surface area (Å²) in [6.07, 6.45) is -0.0958. The van der Waals surface area contributed by atoms with Crippen LogP contribution in [0, 0.1) is 5.92 Å². The van der Waals surface area contributed by atoms with Gasteiger partial charge in [0.05, 0.1) is 18.6 Å². The van der Waals surface area contributed by atoms with Gasteiger partial charge in [-0.25, -0.2) is 0 Å². The minimum atomic E-state index is -0.401. The van der Waals surface area contributed by atoms with Crippen molar-refractivity contribution >= 4 is 5.97 Å². The monoisotopic (exact) mass is 146 g/mol. The zero-order valence-electron chi connectivity index (χ0n) is 6.63. The van der Waals surface area contributed by atoms with Crippen LogP contribution in [-0.2, 0) is 9.53 Å². The lowest BCUT2D eigenvalue weighted by Gasteiger charge is -2.10. The van der Waals surface area contributed by atoms with Gasteiger partial charge in [-0.1, -0.05) is 0 Å². The molecule has 0 bridgehead atoms. The van der Waals surface area contributed by atoms with Gasteiger partial charge in [-0.2, -0.15) is 0 Å². The molecule has 0 aromatic carbocycles. The minimum Gasteiger partial charge on any atom is -0.463 e. The Hall–Kier alpha value is -0.570. The molecule has 0 aliphatic rings.